The molecule has 2 fully saturated rings. The van der Waals surface area contributed by atoms with Gasteiger partial charge in [0.05, 0.1) is 10.8 Å². The van der Waals surface area contributed by atoms with Gasteiger partial charge < -0.3 is 9.30 Å². The van der Waals surface area contributed by atoms with Gasteiger partial charge in [0.25, 0.3) is 0 Å². The van der Waals surface area contributed by atoms with Crippen LogP contribution in [-0.4, -0.2) is 48.7 Å². The predicted molar refractivity (Wildman–Crippen MR) is 120 cm³/mol. The lowest BCUT2D eigenvalue weighted by molar-refractivity contribution is -0.148. The molecule has 8 heteroatoms. The zero-order valence-electron chi connectivity index (χ0n) is 18.8. The summed E-state index contributed by atoms with van der Waals surface area (Å²) in [6.07, 6.45) is 3.04. The van der Waals surface area contributed by atoms with E-state index in [9.17, 15) is 18.0 Å². The maximum absolute atomic E-state index is 12.8. The minimum absolute atomic E-state index is 0.197. The van der Waals surface area contributed by atoms with E-state index in [1.54, 1.807) is 24.3 Å². The molecule has 172 valence electrons. The van der Waals surface area contributed by atoms with E-state index >= 15 is 0 Å². The van der Waals surface area contributed by atoms with Gasteiger partial charge in [-0.3, -0.25) is 9.59 Å². The Kier molecular flexibility index (Phi) is 6.27. The molecule has 0 radical (unpaired) electrons. The van der Waals surface area contributed by atoms with Gasteiger partial charge in [-0.25, -0.2) is 8.42 Å². The number of Topliss-reactive ketones (excluding diaryl/α,β-unsaturated/α-hetero) is 1. The van der Waals surface area contributed by atoms with Gasteiger partial charge >= 0.3 is 5.97 Å². The summed E-state index contributed by atoms with van der Waals surface area (Å²) in [5.41, 5.74) is 3.60. The van der Waals surface area contributed by atoms with Gasteiger partial charge in [-0.05, 0) is 64.7 Å². The lowest BCUT2D eigenvalue weighted by Gasteiger charge is -2.30. The van der Waals surface area contributed by atoms with Crippen molar-refractivity contribution in [3.05, 3.63) is 52.8 Å². The highest BCUT2D eigenvalue weighted by molar-refractivity contribution is 7.89. The fourth-order valence-electron chi connectivity index (χ4n) is 4.48. The third-order valence-electron chi connectivity index (χ3n) is 6.49. The number of carbonyl (C=O) groups is 2. The van der Waals surface area contributed by atoms with Crippen molar-refractivity contribution in [1.29, 1.82) is 0 Å². The first kappa shape index (κ1) is 22.7. The molecule has 0 spiro atoms. The Bertz CT molecular complexity index is 1120. The van der Waals surface area contributed by atoms with Crippen LogP contribution in [-0.2, 0) is 19.6 Å². The highest BCUT2D eigenvalue weighted by atomic mass is 32.2. The standard InChI is InChI=1S/C24H30N2O5S/c1-16-4-8-21(9-5-16)32(29,30)25-12-10-19(11-13-25)24(28)31-15-23(27)22-14-17(2)26(18(22)3)20-6-7-20/h4-5,8-9,14,19-20H,6-7,10-13,15H2,1-3H3. The molecule has 0 amide bonds. The van der Waals surface area contributed by atoms with Crippen LogP contribution < -0.4 is 0 Å². The Labute approximate surface area is 189 Å². The van der Waals surface area contributed by atoms with Gasteiger partial charge in [0.1, 0.15) is 0 Å². The highest BCUT2D eigenvalue weighted by Gasteiger charge is 2.33. The lowest BCUT2D eigenvalue weighted by atomic mass is 9.98. The van der Waals surface area contributed by atoms with Crippen molar-refractivity contribution in [2.45, 2.75) is 57.4 Å². The van der Waals surface area contributed by atoms with Crippen molar-refractivity contribution in [3.63, 3.8) is 0 Å². The molecule has 2 aliphatic rings. The Morgan fingerprint density at radius 3 is 2.22 bits per heavy atom. The van der Waals surface area contributed by atoms with E-state index in [1.165, 1.54) is 4.31 Å². The van der Waals surface area contributed by atoms with Crippen LogP contribution in [0.15, 0.2) is 35.2 Å². The summed E-state index contributed by atoms with van der Waals surface area (Å²) in [6, 6.07) is 9.12. The molecule has 2 heterocycles. The number of aryl methyl sites for hydroxylation is 2. The second-order valence-corrected chi connectivity index (χ2v) is 10.8. The second-order valence-electron chi connectivity index (χ2n) is 8.91. The number of sulfonamides is 1. The first-order chi connectivity index (χ1) is 15.2. The van der Waals surface area contributed by atoms with Gasteiger partial charge in [-0.1, -0.05) is 17.7 Å². The van der Waals surface area contributed by atoms with E-state index in [-0.39, 0.29) is 30.4 Å². The third kappa shape index (κ3) is 4.52. The monoisotopic (exact) mass is 458 g/mol. The van der Waals surface area contributed by atoms with Gasteiger partial charge in [0.2, 0.25) is 15.8 Å². The third-order valence-corrected chi connectivity index (χ3v) is 8.40. The van der Waals surface area contributed by atoms with Crippen molar-refractivity contribution in [1.82, 2.24) is 8.87 Å². The van der Waals surface area contributed by atoms with Crippen molar-refractivity contribution < 1.29 is 22.7 Å². The summed E-state index contributed by atoms with van der Waals surface area (Å²) < 4.78 is 34.6. The normalized spacial score (nSPS) is 18.0. The van der Waals surface area contributed by atoms with Crippen molar-refractivity contribution in [2.24, 2.45) is 5.92 Å². The molecule has 1 aliphatic carbocycles. The number of ketones is 1. The number of rotatable bonds is 7. The van der Waals surface area contributed by atoms with E-state index in [2.05, 4.69) is 4.57 Å². The SMILES string of the molecule is Cc1ccc(S(=O)(=O)N2CCC(C(=O)OCC(=O)c3cc(C)n(C4CC4)c3C)CC2)cc1. The van der Waals surface area contributed by atoms with Crippen molar-refractivity contribution in [2.75, 3.05) is 19.7 Å². The van der Waals surface area contributed by atoms with E-state index in [1.807, 2.05) is 26.8 Å². The number of benzene rings is 1. The molecule has 32 heavy (non-hydrogen) atoms. The molecule has 2 aromatic rings. The molecule has 0 N–H and O–H groups in total. The first-order valence-electron chi connectivity index (χ1n) is 11.1. The minimum Gasteiger partial charge on any atom is -0.457 e. The summed E-state index contributed by atoms with van der Waals surface area (Å²) in [7, 11) is -3.57. The Morgan fingerprint density at radius 1 is 1.00 bits per heavy atom. The Balaban J connectivity index is 1.31. The van der Waals surface area contributed by atoms with E-state index < -0.39 is 21.9 Å². The van der Waals surface area contributed by atoms with Gasteiger partial charge in [-0.2, -0.15) is 4.31 Å². The number of piperidine rings is 1. The summed E-state index contributed by atoms with van der Waals surface area (Å²) >= 11 is 0. The summed E-state index contributed by atoms with van der Waals surface area (Å²) in [5.74, 6) is -1.02. The predicted octanol–water partition coefficient (Wildman–Crippen LogP) is 3.58. The topological polar surface area (TPSA) is 85.7 Å². The van der Waals surface area contributed by atoms with Gasteiger partial charge in [-0.15, -0.1) is 0 Å². The van der Waals surface area contributed by atoms with Crippen LogP contribution in [0.1, 0.15) is 59.0 Å². The molecule has 1 aromatic heterocycles. The van der Waals surface area contributed by atoms with Crippen LogP contribution in [0.2, 0.25) is 0 Å². The number of aromatic nitrogens is 1. The molecule has 0 unspecified atom stereocenters. The largest absolute Gasteiger partial charge is 0.457 e. The molecule has 7 nitrogen and oxygen atoms in total. The highest BCUT2D eigenvalue weighted by Crippen LogP contribution is 2.38. The number of hydrogen-bond acceptors (Lipinski definition) is 5. The van der Waals surface area contributed by atoms with Gasteiger partial charge in [0.15, 0.2) is 6.61 Å². The summed E-state index contributed by atoms with van der Waals surface area (Å²) in [4.78, 5) is 25.4. The molecular formula is C24H30N2O5S. The lowest BCUT2D eigenvalue weighted by Crippen LogP contribution is -2.40. The summed E-state index contributed by atoms with van der Waals surface area (Å²) in [6.45, 7) is 6.06. The smallest absolute Gasteiger partial charge is 0.309 e. The maximum Gasteiger partial charge on any atom is 0.309 e. The maximum atomic E-state index is 12.8. The zero-order chi connectivity index (χ0) is 23.0. The average molecular weight is 459 g/mol. The zero-order valence-corrected chi connectivity index (χ0v) is 19.7. The average Bonchev–Trinajstić information content (AvgIpc) is 3.56. The van der Waals surface area contributed by atoms with E-state index in [4.69, 9.17) is 4.74 Å². The number of nitrogens with zero attached hydrogens (tertiary/aromatic N) is 2. The first-order valence-corrected chi connectivity index (χ1v) is 12.6. The minimum atomic E-state index is -3.57. The molecule has 0 bridgehead atoms. The van der Waals surface area contributed by atoms with E-state index in [0.717, 1.165) is 29.8 Å². The number of esters is 1. The number of hydrogen-bond donors (Lipinski definition) is 0. The quantitative estimate of drug-likeness (QED) is 0.468. The van der Waals surface area contributed by atoms with Gasteiger partial charge in [0, 0.05) is 36.1 Å². The number of carbonyl (C=O) groups excluding carboxylic acids is 2. The summed E-state index contributed by atoms with van der Waals surface area (Å²) in [5, 5.41) is 0. The molecule has 0 atom stereocenters. The second kappa shape index (κ2) is 8.83. The molecule has 1 saturated heterocycles. The van der Waals surface area contributed by atoms with Crippen LogP contribution in [0, 0.1) is 26.7 Å². The van der Waals surface area contributed by atoms with Crippen LogP contribution in [0.3, 0.4) is 0 Å². The van der Waals surface area contributed by atoms with E-state index in [0.29, 0.717) is 24.4 Å². The molecule has 1 aliphatic heterocycles. The molecule has 4 rings (SSSR count). The fourth-order valence-corrected chi connectivity index (χ4v) is 5.95. The fraction of sp³-hybridized carbons (Fsp3) is 0.500. The Hall–Kier alpha value is -2.45. The molecular weight excluding hydrogens is 428 g/mol. The van der Waals surface area contributed by atoms with Crippen LogP contribution in [0.25, 0.3) is 0 Å². The van der Waals surface area contributed by atoms with Crippen LogP contribution >= 0.6 is 0 Å². The van der Waals surface area contributed by atoms with Crippen LogP contribution in [0.4, 0.5) is 0 Å². The molecule has 1 saturated carbocycles. The molecule has 1 aromatic carbocycles. The van der Waals surface area contributed by atoms with Crippen LogP contribution in [0.5, 0.6) is 0 Å². The van der Waals surface area contributed by atoms with Crippen molar-refractivity contribution in [3.8, 4) is 0 Å². The number of ether oxygens (including phenoxy) is 1. The van der Waals surface area contributed by atoms with Crippen molar-refractivity contribution >= 4 is 21.8 Å². The Morgan fingerprint density at radius 2 is 1.62 bits per heavy atom.